The SMILES string of the molecule is CN1CCN(C(=O)CCc2ccc(NC(=O)c3cccnc3Nc3ccc4cn[nH]c4c3)cc2)CC1. The molecule has 3 heterocycles. The highest BCUT2D eigenvalue weighted by Gasteiger charge is 2.18. The van der Waals surface area contributed by atoms with Crippen molar-refractivity contribution in [1.29, 1.82) is 0 Å². The molecule has 0 unspecified atom stereocenters. The van der Waals surface area contributed by atoms with Crippen molar-refractivity contribution in [3.05, 3.63) is 78.1 Å². The summed E-state index contributed by atoms with van der Waals surface area (Å²) in [5, 5.41) is 14.2. The smallest absolute Gasteiger partial charge is 0.259 e. The lowest BCUT2D eigenvalue weighted by molar-refractivity contribution is -0.132. The van der Waals surface area contributed by atoms with E-state index in [2.05, 4.69) is 37.8 Å². The van der Waals surface area contributed by atoms with Gasteiger partial charge in [-0.25, -0.2) is 4.98 Å². The van der Waals surface area contributed by atoms with Crippen LogP contribution in [0.2, 0.25) is 0 Å². The molecule has 2 aromatic heterocycles. The van der Waals surface area contributed by atoms with Crippen molar-refractivity contribution in [2.75, 3.05) is 43.9 Å². The predicted molar refractivity (Wildman–Crippen MR) is 140 cm³/mol. The second-order valence-electron chi connectivity index (χ2n) is 9.03. The van der Waals surface area contributed by atoms with Crippen molar-refractivity contribution >= 4 is 39.9 Å². The van der Waals surface area contributed by atoms with E-state index in [-0.39, 0.29) is 11.8 Å². The molecule has 1 saturated heterocycles. The molecule has 5 rings (SSSR count). The van der Waals surface area contributed by atoms with Crippen LogP contribution in [-0.2, 0) is 11.2 Å². The fraction of sp³-hybridized carbons (Fsp3) is 0.259. The van der Waals surface area contributed by atoms with Crippen LogP contribution >= 0.6 is 0 Å². The van der Waals surface area contributed by atoms with E-state index in [4.69, 9.17) is 0 Å². The number of benzene rings is 2. The molecule has 2 amide bonds. The number of nitrogens with zero attached hydrogens (tertiary/aromatic N) is 4. The summed E-state index contributed by atoms with van der Waals surface area (Å²) >= 11 is 0. The Hall–Kier alpha value is -4.24. The second kappa shape index (κ2) is 10.6. The van der Waals surface area contributed by atoms with Gasteiger partial charge in [0.25, 0.3) is 5.91 Å². The Morgan fingerprint density at radius 1 is 1.00 bits per heavy atom. The molecular formula is C27H29N7O2. The standard InChI is InChI=1S/C27H29N7O2/c1-33-13-15-34(16-14-33)25(35)11-6-19-4-8-21(9-5-19)31-27(36)23-3-2-12-28-26(23)30-22-10-7-20-18-29-32-24(20)17-22/h2-5,7-10,12,17-18H,6,11,13-16H2,1H3,(H,28,30)(H,29,32)(H,31,36). The summed E-state index contributed by atoms with van der Waals surface area (Å²) in [4.78, 5) is 34.1. The molecule has 0 bridgehead atoms. The molecule has 1 fully saturated rings. The molecule has 1 aliphatic rings. The van der Waals surface area contributed by atoms with Gasteiger partial charge >= 0.3 is 0 Å². The first-order valence-corrected chi connectivity index (χ1v) is 12.1. The number of aromatic amines is 1. The average molecular weight is 484 g/mol. The van der Waals surface area contributed by atoms with Crippen LogP contribution in [0, 0.1) is 0 Å². The van der Waals surface area contributed by atoms with Crippen molar-refractivity contribution < 1.29 is 9.59 Å². The van der Waals surface area contributed by atoms with Crippen molar-refractivity contribution in [2.45, 2.75) is 12.8 Å². The first-order valence-electron chi connectivity index (χ1n) is 12.1. The van der Waals surface area contributed by atoms with Gasteiger partial charge in [-0.1, -0.05) is 12.1 Å². The molecule has 9 heteroatoms. The maximum atomic E-state index is 13.0. The Morgan fingerprint density at radius 3 is 2.58 bits per heavy atom. The van der Waals surface area contributed by atoms with Gasteiger partial charge in [0.1, 0.15) is 5.82 Å². The number of pyridine rings is 1. The highest BCUT2D eigenvalue weighted by molar-refractivity contribution is 6.07. The fourth-order valence-electron chi connectivity index (χ4n) is 4.26. The summed E-state index contributed by atoms with van der Waals surface area (Å²) in [7, 11) is 2.08. The molecule has 9 nitrogen and oxygen atoms in total. The van der Waals surface area contributed by atoms with Gasteiger partial charge in [0.2, 0.25) is 5.91 Å². The highest BCUT2D eigenvalue weighted by Crippen LogP contribution is 2.23. The number of aromatic nitrogens is 3. The number of carbonyl (C=O) groups is 2. The Labute approximate surface area is 209 Å². The van der Waals surface area contributed by atoms with Gasteiger partial charge in [-0.05, 0) is 61.5 Å². The summed E-state index contributed by atoms with van der Waals surface area (Å²) in [5.74, 6) is 0.405. The van der Waals surface area contributed by atoms with E-state index in [1.54, 1.807) is 24.5 Å². The van der Waals surface area contributed by atoms with E-state index in [1.165, 1.54) is 0 Å². The molecule has 184 valence electrons. The van der Waals surface area contributed by atoms with Gasteiger partial charge in [-0.3, -0.25) is 14.7 Å². The summed E-state index contributed by atoms with van der Waals surface area (Å²) < 4.78 is 0. The first kappa shape index (κ1) is 23.5. The molecule has 2 aromatic carbocycles. The molecule has 1 aliphatic heterocycles. The van der Waals surface area contributed by atoms with Gasteiger partial charge in [-0.2, -0.15) is 5.10 Å². The van der Waals surface area contributed by atoms with Gasteiger partial charge < -0.3 is 20.4 Å². The van der Waals surface area contributed by atoms with Crippen LogP contribution in [0.5, 0.6) is 0 Å². The number of hydrogen-bond acceptors (Lipinski definition) is 6. The number of likely N-dealkylation sites (N-methyl/N-ethyl adjacent to an activating group) is 1. The molecule has 36 heavy (non-hydrogen) atoms. The van der Waals surface area contributed by atoms with Crippen molar-refractivity contribution in [3.8, 4) is 0 Å². The van der Waals surface area contributed by atoms with Crippen LogP contribution in [-0.4, -0.2) is 70.0 Å². The number of nitrogens with one attached hydrogen (secondary N) is 3. The lowest BCUT2D eigenvalue weighted by atomic mass is 10.1. The van der Waals surface area contributed by atoms with Crippen LogP contribution in [0.3, 0.4) is 0 Å². The van der Waals surface area contributed by atoms with Crippen LogP contribution in [0.1, 0.15) is 22.3 Å². The van der Waals surface area contributed by atoms with E-state index in [9.17, 15) is 9.59 Å². The number of carbonyl (C=O) groups excluding carboxylic acids is 2. The van der Waals surface area contributed by atoms with Crippen molar-refractivity contribution in [1.82, 2.24) is 25.0 Å². The van der Waals surface area contributed by atoms with E-state index < -0.39 is 0 Å². The number of hydrogen-bond donors (Lipinski definition) is 3. The Kier molecular flexibility index (Phi) is 6.90. The number of fused-ring (bicyclic) bond motifs is 1. The van der Waals surface area contributed by atoms with Gasteiger partial charge in [0, 0.05) is 55.6 Å². The lowest BCUT2D eigenvalue weighted by Gasteiger charge is -2.32. The van der Waals surface area contributed by atoms with Crippen molar-refractivity contribution in [2.24, 2.45) is 0 Å². The normalized spacial score (nSPS) is 14.1. The largest absolute Gasteiger partial charge is 0.340 e. The molecular weight excluding hydrogens is 454 g/mol. The van der Waals surface area contributed by atoms with E-state index >= 15 is 0 Å². The summed E-state index contributed by atoms with van der Waals surface area (Å²) in [6, 6.07) is 16.9. The first-order chi connectivity index (χ1) is 17.5. The third-order valence-electron chi connectivity index (χ3n) is 6.45. The maximum Gasteiger partial charge on any atom is 0.259 e. The third-order valence-corrected chi connectivity index (χ3v) is 6.45. The molecule has 0 saturated carbocycles. The average Bonchev–Trinajstić information content (AvgIpc) is 3.37. The number of H-pyrrole nitrogens is 1. The quantitative estimate of drug-likeness (QED) is 0.370. The van der Waals surface area contributed by atoms with Crippen LogP contribution in [0.4, 0.5) is 17.2 Å². The highest BCUT2D eigenvalue weighted by atomic mass is 16.2. The van der Waals surface area contributed by atoms with Crippen LogP contribution in [0.25, 0.3) is 10.9 Å². The minimum absolute atomic E-state index is 0.198. The topological polar surface area (TPSA) is 106 Å². The third kappa shape index (κ3) is 5.52. The Bertz CT molecular complexity index is 1360. The van der Waals surface area contributed by atoms with E-state index in [0.29, 0.717) is 29.9 Å². The van der Waals surface area contributed by atoms with Crippen molar-refractivity contribution in [3.63, 3.8) is 0 Å². The number of anilines is 3. The lowest BCUT2D eigenvalue weighted by Crippen LogP contribution is -2.47. The molecule has 0 aliphatic carbocycles. The number of amides is 2. The summed E-state index contributed by atoms with van der Waals surface area (Å²) in [6.45, 7) is 3.44. The predicted octanol–water partition coefficient (Wildman–Crippen LogP) is 3.66. The Morgan fingerprint density at radius 2 is 1.78 bits per heavy atom. The minimum atomic E-state index is -0.258. The summed E-state index contributed by atoms with van der Waals surface area (Å²) in [6.07, 6.45) is 4.57. The van der Waals surface area contributed by atoms with Gasteiger partial charge in [0.05, 0.1) is 17.3 Å². The fourth-order valence-corrected chi connectivity index (χ4v) is 4.26. The van der Waals surface area contributed by atoms with Gasteiger partial charge in [0.15, 0.2) is 0 Å². The number of aryl methyl sites for hydroxylation is 1. The summed E-state index contributed by atoms with van der Waals surface area (Å²) in [5.41, 5.74) is 3.88. The molecule has 0 spiro atoms. The number of piperazine rings is 1. The molecule has 0 radical (unpaired) electrons. The molecule has 3 N–H and O–H groups in total. The van der Waals surface area contributed by atoms with E-state index in [1.807, 2.05) is 47.4 Å². The van der Waals surface area contributed by atoms with E-state index in [0.717, 1.165) is 48.3 Å². The van der Waals surface area contributed by atoms with Gasteiger partial charge in [-0.15, -0.1) is 0 Å². The Balaban J connectivity index is 1.19. The zero-order valence-electron chi connectivity index (χ0n) is 20.2. The molecule has 0 atom stereocenters. The molecule has 4 aromatic rings. The zero-order valence-corrected chi connectivity index (χ0v) is 20.2. The number of rotatable bonds is 7. The van der Waals surface area contributed by atoms with Crippen LogP contribution in [0.15, 0.2) is 67.0 Å². The zero-order chi connectivity index (χ0) is 24.9. The monoisotopic (exact) mass is 483 g/mol. The van der Waals surface area contributed by atoms with Crippen LogP contribution < -0.4 is 10.6 Å². The maximum absolute atomic E-state index is 13.0. The minimum Gasteiger partial charge on any atom is -0.340 e. The second-order valence-corrected chi connectivity index (χ2v) is 9.03.